The highest BCUT2D eigenvalue weighted by atomic mass is 19.1. The van der Waals surface area contributed by atoms with Crippen molar-refractivity contribution in [2.75, 3.05) is 11.9 Å². The molecule has 0 radical (unpaired) electrons. The highest BCUT2D eigenvalue weighted by molar-refractivity contribution is 5.94. The summed E-state index contributed by atoms with van der Waals surface area (Å²) in [7, 11) is 0. The Hall–Kier alpha value is -2.21. The zero-order valence-corrected chi connectivity index (χ0v) is 10.6. The van der Waals surface area contributed by atoms with E-state index >= 15 is 0 Å². The Bertz CT molecular complexity index is 550. The molecule has 1 fully saturated rings. The number of halogens is 1. The molecule has 1 saturated heterocycles. The van der Waals surface area contributed by atoms with E-state index in [4.69, 9.17) is 9.84 Å². The molecule has 2 rings (SSSR count). The van der Waals surface area contributed by atoms with Gasteiger partial charge in [0.2, 0.25) is 0 Å². The normalized spacial score (nSPS) is 18.4. The predicted molar refractivity (Wildman–Crippen MR) is 70.7 cm³/mol. The Balaban J connectivity index is 2.05. The number of aliphatic carboxylic acids is 1. The van der Waals surface area contributed by atoms with Gasteiger partial charge in [0, 0.05) is 12.7 Å². The van der Waals surface area contributed by atoms with E-state index in [1.165, 1.54) is 18.2 Å². The molecule has 106 valence electrons. The van der Waals surface area contributed by atoms with Crippen LogP contribution >= 0.6 is 0 Å². The van der Waals surface area contributed by atoms with Gasteiger partial charge in [-0.15, -0.1) is 0 Å². The van der Waals surface area contributed by atoms with Crippen LogP contribution in [-0.2, 0) is 14.3 Å². The Morgan fingerprint density at radius 3 is 2.85 bits per heavy atom. The number of carbonyl (C=O) groups is 2. The minimum atomic E-state index is -1.11. The van der Waals surface area contributed by atoms with Crippen LogP contribution in [0.3, 0.4) is 0 Å². The third kappa shape index (κ3) is 3.64. The van der Waals surface area contributed by atoms with Crippen LogP contribution in [-0.4, -0.2) is 29.7 Å². The van der Waals surface area contributed by atoms with Gasteiger partial charge in [0.05, 0.1) is 5.69 Å². The molecule has 20 heavy (non-hydrogen) atoms. The fraction of sp³-hybridized carbons (Fsp3) is 0.286. The van der Waals surface area contributed by atoms with Crippen molar-refractivity contribution in [2.45, 2.75) is 18.9 Å². The van der Waals surface area contributed by atoms with Crippen LogP contribution in [0.4, 0.5) is 10.1 Å². The molecule has 1 aromatic carbocycles. The number of rotatable bonds is 4. The monoisotopic (exact) mass is 279 g/mol. The van der Waals surface area contributed by atoms with Crippen LogP contribution < -0.4 is 5.32 Å². The third-order valence-electron chi connectivity index (χ3n) is 2.89. The molecular formula is C14H14FNO4. The summed E-state index contributed by atoms with van der Waals surface area (Å²) in [5.41, 5.74) is 0.456. The van der Waals surface area contributed by atoms with Crippen molar-refractivity contribution < 1.29 is 23.8 Å². The van der Waals surface area contributed by atoms with Crippen LogP contribution in [0.15, 0.2) is 24.3 Å². The van der Waals surface area contributed by atoms with E-state index in [9.17, 15) is 14.0 Å². The van der Waals surface area contributed by atoms with Gasteiger partial charge < -0.3 is 15.2 Å². The SMILES string of the molecule is O=C(O)C=Cc1ccc(NC(=O)C2CCCO2)c(F)c1. The fourth-order valence-corrected chi connectivity index (χ4v) is 1.90. The molecule has 2 N–H and O–H groups in total. The number of benzene rings is 1. The lowest BCUT2D eigenvalue weighted by Crippen LogP contribution is -2.27. The molecule has 5 nitrogen and oxygen atoms in total. The van der Waals surface area contributed by atoms with Gasteiger partial charge in [0.1, 0.15) is 11.9 Å². The van der Waals surface area contributed by atoms with Gasteiger partial charge in [0.25, 0.3) is 5.91 Å². The molecule has 1 unspecified atom stereocenters. The number of hydrogen-bond donors (Lipinski definition) is 2. The summed E-state index contributed by atoms with van der Waals surface area (Å²) in [6.45, 7) is 0.541. The molecule has 1 aliphatic heterocycles. The summed E-state index contributed by atoms with van der Waals surface area (Å²) in [6.07, 6.45) is 3.11. The summed E-state index contributed by atoms with van der Waals surface area (Å²) in [4.78, 5) is 22.1. The van der Waals surface area contributed by atoms with E-state index in [-0.39, 0.29) is 11.6 Å². The second kappa shape index (κ2) is 6.29. The van der Waals surface area contributed by atoms with E-state index in [1.807, 2.05) is 0 Å². The molecule has 0 saturated carbocycles. The van der Waals surface area contributed by atoms with Crippen molar-refractivity contribution in [1.29, 1.82) is 0 Å². The van der Waals surface area contributed by atoms with Crippen molar-refractivity contribution in [3.8, 4) is 0 Å². The summed E-state index contributed by atoms with van der Waals surface area (Å²) in [6, 6.07) is 4.07. The summed E-state index contributed by atoms with van der Waals surface area (Å²) >= 11 is 0. The van der Waals surface area contributed by atoms with Gasteiger partial charge in [-0.25, -0.2) is 9.18 Å². The second-order valence-corrected chi connectivity index (χ2v) is 4.40. The molecule has 1 amide bonds. The molecule has 1 atom stereocenters. The quantitative estimate of drug-likeness (QED) is 0.827. The largest absolute Gasteiger partial charge is 0.478 e. The number of carboxylic acids is 1. The molecule has 1 aliphatic rings. The maximum Gasteiger partial charge on any atom is 0.328 e. The molecule has 0 spiro atoms. The summed E-state index contributed by atoms with van der Waals surface area (Å²) in [5, 5.41) is 11.0. The Kier molecular flexibility index (Phi) is 4.47. The average molecular weight is 279 g/mol. The first-order valence-electron chi connectivity index (χ1n) is 6.19. The van der Waals surface area contributed by atoms with E-state index in [2.05, 4.69) is 5.32 Å². The Morgan fingerprint density at radius 1 is 1.45 bits per heavy atom. The van der Waals surface area contributed by atoms with Gasteiger partial charge in [-0.1, -0.05) is 6.07 Å². The van der Waals surface area contributed by atoms with E-state index in [1.54, 1.807) is 0 Å². The van der Waals surface area contributed by atoms with E-state index in [0.717, 1.165) is 18.6 Å². The minimum Gasteiger partial charge on any atom is -0.478 e. The standard InChI is InChI=1S/C14H14FNO4/c15-10-8-9(4-6-13(17)18)3-5-11(10)16-14(19)12-2-1-7-20-12/h3-6,8,12H,1-2,7H2,(H,16,19)(H,17,18). The molecule has 0 bridgehead atoms. The third-order valence-corrected chi connectivity index (χ3v) is 2.89. The molecule has 0 aromatic heterocycles. The number of nitrogens with one attached hydrogen (secondary N) is 1. The first kappa shape index (κ1) is 14.2. The van der Waals surface area contributed by atoms with Gasteiger partial charge in [-0.3, -0.25) is 4.79 Å². The first-order valence-corrected chi connectivity index (χ1v) is 6.19. The highest BCUT2D eigenvalue weighted by Gasteiger charge is 2.24. The van der Waals surface area contributed by atoms with E-state index < -0.39 is 17.9 Å². The van der Waals surface area contributed by atoms with Gasteiger partial charge in [0.15, 0.2) is 0 Å². The molecule has 1 aromatic rings. The Morgan fingerprint density at radius 2 is 2.25 bits per heavy atom. The van der Waals surface area contributed by atoms with Crippen molar-refractivity contribution in [3.05, 3.63) is 35.7 Å². The summed E-state index contributed by atoms with van der Waals surface area (Å²) < 4.78 is 19.0. The van der Waals surface area contributed by atoms with Crippen LogP contribution in [0.2, 0.25) is 0 Å². The van der Waals surface area contributed by atoms with Gasteiger partial charge >= 0.3 is 5.97 Å². The zero-order valence-electron chi connectivity index (χ0n) is 10.6. The number of carbonyl (C=O) groups excluding carboxylic acids is 1. The number of anilines is 1. The Labute approximate surface area is 115 Å². The van der Waals surface area contributed by atoms with Crippen molar-refractivity contribution in [2.24, 2.45) is 0 Å². The maximum absolute atomic E-state index is 13.8. The van der Waals surface area contributed by atoms with Crippen molar-refractivity contribution in [1.82, 2.24) is 0 Å². The minimum absolute atomic E-state index is 0.0537. The number of carboxylic acid groups (broad SMARTS) is 1. The first-order chi connectivity index (χ1) is 9.56. The number of ether oxygens (including phenoxy) is 1. The predicted octanol–water partition coefficient (Wildman–Crippen LogP) is 2.04. The topological polar surface area (TPSA) is 75.6 Å². The smallest absolute Gasteiger partial charge is 0.328 e. The lowest BCUT2D eigenvalue weighted by atomic mass is 10.1. The molecule has 6 heteroatoms. The van der Waals surface area contributed by atoms with Crippen molar-refractivity contribution in [3.63, 3.8) is 0 Å². The zero-order chi connectivity index (χ0) is 14.5. The lowest BCUT2D eigenvalue weighted by molar-refractivity contribution is -0.131. The van der Waals surface area contributed by atoms with Crippen LogP contribution in [0.1, 0.15) is 18.4 Å². The van der Waals surface area contributed by atoms with Gasteiger partial charge in [-0.05, 0) is 36.6 Å². The number of hydrogen-bond acceptors (Lipinski definition) is 3. The summed E-state index contributed by atoms with van der Waals surface area (Å²) in [5.74, 6) is -2.10. The van der Waals surface area contributed by atoms with Crippen LogP contribution in [0.5, 0.6) is 0 Å². The van der Waals surface area contributed by atoms with Crippen LogP contribution in [0, 0.1) is 5.82 Å². The number of amides is 1. The maximum atomic E-state index is 13.8. The van der Waals surface area contributed by atoms with E-state index in [0.29, 0.717) is 18.6 Å². The van der Waals surface area contributed by atoms with Crippen molar-refractivity contribution >= 4 is 23.6 Å². The van der Waals surface area contributed by atoms with Gasteiger partial charge in [-0.2, -0.15) is 0 Å². The fourth-order valence-electron chi connectivity index (χ4n) is 1.90. The second-order valence-electron chi connectivity index (χ2n) is 4.40. The lowest BCUT2D eigenvalue weighted by Gasteiger charge is -2.11. The molecular weight excluding hydrogens is 265 g/mol. The average Bonchev–Trinajstić information content (AvgIpc) is 2.93. The molecule has 1 heterocycles. The molecule has 0 aliphatic carbocycles. The van der Waals surface area contributed by atoms with Crippen LogP contribution in [0.25, 0.3) is 6.08 Å². The highest BCUT2D eigenvalue weighted by Crippen LogP contribution is 2.19.